The molecule has 4 aromatic rings. The van der Waals surface area contributed by atoms with Crippen molar-refractivity contribution in [2.75, 3.05) is 0 Å². The molecule has 1 nitrogen and oxygen atoms in total. The number of nitrogens with zero attached hydrogens (tertiary/aromatic N) is 1. The number of benzene rings is 3. The van der Waals surface area contributed by atoms with E-state index in [1.54, 1.807) is 0 Å². The monoisotopic (exact) mass is 313 g/mol. The second kappa shape index (κ2) is 5.24. The predicted molar refractivity (Wildman–Crippen MR) is 106 cm³/mol. The molecule has 1 heteroatoms. The highest BCUT2D eigenvalue weighted by Crippen LogP contribution is 2.37. The van der Waals surface area contributed by atoms with Crippen LogP contribution in [0.2, 0.25) is 0 Å². The lowest BCUT2D eigenvalue weighted by Gasteiger charge is -2.19. The van der Waals surface area contributed by atoms with Crippen molar-refractivity contribution in [3.05, 3.63) is 72.8 Å². The molecule has 0 spiro atoms. The Hall–Kier alpha value is -2.54. The maximum absolute atomic E-state index is 3.95. The van der Waals surface area contributed by atoms with Crippen molar-refractivity contribution >= 4 is 32.6 Å². The summed E-state index contributed by atoms with van der Waals surface area (Å²) in [5, 5.41) is 5.32. The molecule has 1 aromatic heterocycles. The van der Waals surface area contributed by atoms with E-state index in [1.807, 2.05) is 6.08 Å². The summed E-state index contributed by atoms with van der Waals surface area (Å²) < 4.78 is 2.37. The number of aromatic nitrogens is 1. The molecule has 0 fully saturated rings. The van der Waals surface area contributed by atoms with Crippen molar-refractivity contribution in [2.24, 2.45) is 0 Å². The third kappa shape index (κ3) is 2.16. The molecule has 1 heterocycles. The normalized spacial score (nSPS) is 12.3. The molecule has 4 rings (SSSR count). The number of hydrogen-bond acceptors (Lipinski definition) is 0. The molecule has 3 aromatic carbocycles. The van der Waals surface area contributed by atoms with Gasteiger partial charge in [-0.2, -0.15) is 0 Å². The van der Waals surface area contributed by atoms with Gasteiger partial charge in [-0.15, -0.1) is 6.58 Å². The molecule has 0 unspecified atom stereocenters. The van der Waals surface area contributed by atoms with E-state index in [2.05, 4.69) is 86.5 Å². The summed E-state index contributed by atoms with van der Waals surface area (Å²) >= 11 is 0. The van der Waals surface area contributed by atoms with Gasteiger partial charge in [0.1, 0.15) is 0 Å². The van der Waals surface area contributed by atoms with E-state index in [-0.39, 0.29) is 5.41 Å². The van der Waals surface area contributed by atoms with Crippen LogP contribution < -0.4 is 0 Å². The highest BCUT2D eigenvalue weighted by Gasteiger charge is 2.18. The number of hydrogen-bond donors (Lipinski definition) is 0. The van der Waals surface area contributed by atoms with Crippen molar-refractivity contribution in [1.29, 1.82) is 0 Å². The Morgan fingerprint density at radius 1 is 0.917 bits per heavy atom. The molecule has 0 aliphatic rings. The molecule has 0 N–H and O–H groups in total. The Kier molecular flexibility index (Phi) is 3.28. The molecule has 0 bridgehead atoms. The van der Waals surface area contributed by atoms with E-state index in [1.165, 1.54) is 38.1 Å². The van der Waals surface area contributed by atoms with Gasteiger partial charge in [0.15, 0.2) is 0 Å². The molecule has 0 radical (unpaired) electrons. The van der Waals surface area contributed by atoms with E-state index < -0.39 is 0 Å². The van der Waals surface area contributed by atoms with Crippen LogP contribution in [0.4, 0.5) is 0 Å². The molecular weight excluding hydrogens is 290 g/mol. The molecule has 0 saturated carbocycles. The Bertz CT molecular complexity index is 1070. The van der Waals surface area contributed by atoms with Gasteiger partial charge in [0.05, 0.1) is 5.52 Å². The fraction of sp³-hybridized carbons (Fsp3) is 0.217. The van der Waals surface area contributed by atoms with Gasteiger partial charge in [0.2, 0.25) is 0 Å². The van der Waals surface area contributed by atoms with Crippen LogP contribution in [-0.2, 0) is 12.0 Å². The van der Waals surface area contributed by atoms with Crippen LogP contribution in [0.1, 0.15) is 26.3 Å². The molecule has 24 heavy (non-hydrogen) atoms. The lowest BCUT2D eigenvalue weighted by atomic mass is 9.86. The van der Waals surface area contributed by atoms with Gasteiger partial charge in [-0.3, -0.25) is 0 Å². The van der Waals surface area contributed by atoms with Gasteiger partial charge < -0.3 is 4.57 Å². The first-order chi connectivity index (χ1) is 11.5. The van der Waals surface area contributed by atoms with Gasteiger partial charge in [-0.25, -0.2) is 0 Å². The summed E-state index contributed by atoms with van der Waals surface area (Å²) in [5.41, 5.74) is 4.09. The van der Waals surface area contributed by atoms with Gasteiger partial charge in [-0.05, 0) is 39.9 Å². The highest BCUT2D eigenvalue weighted by molar-refractivity contribution is 6.20. The van der Waals surface area contributed by atoms with Crippen LogP contribution in [-0.4, -0.2) is 4.57 Å². The maximum Gasteiger partial charge on any atom is 0.0500 e. The van der Waals surface area contributed by atoms with E-state index in [0.717, 1.165) is 6.54 Å². The highest BCUT2D eigenvalue weighted by atomic mass is 15.0. The van der Waals surface area contributed by atoms with Crippen molar-refractivity contribution in [2.45, 2.75) is 32.7 Å². The van der Waals surface area contributed by atoms with Crippen LogP contribution in [0, 0.1) is 0 Å². The smallest absolute Gasteiger partial charge is 0.0500 e. The molecule has 0 aliphatic carbocycles. The number of fused-ring (bicyclic) bond motifs is 5. The third-order valence-corrected chi connectivity index (χ3v) is 4.93. The van der Waals surface area contributed by atoms with Gasteiger partial charge in [0.25, 0.3) is 0 Å². The summed E-state index contributed by atoms with van der Waals surface area (Å²) in [6.45, 7) is 11.6. The van der Waals surface area contributed by atoms with Gasteiger partial charge >= 0.3 is 0 Å². The quantitative estimate of drug-likeness (QED) is 0.376. The summed E-state index contributed by atoms with van der Waals surface area (Å²) in [5.74, 6) is 0. The van der Waals surface area contributed by atoms with Gasteiger partial charge in [-0.1, -0.05) is 63.2 Å². The van der Waals surface area contributed by atoms with Crippen molar-refractivity contribution in [3.63, 3.8) is 0 Å². The topological polar surface area (TPSA) is 4.93 Å². The minimum absolute atomic E-state index is 0.144. The Morgan fingerprint density at radius 3 is 2.42 bits per heavy atom. The van der Waals surface area contributed by atoms with Crippen LogP contribution in [0.25, 0.3) is 32.6 Å². The number of rotatable bonds is 2. The zero-order valence-electron chi connectivity index (χ0n) is 14.6. The average Bonchev–Trinajstić information content (AvgIpc) is 2.88. The first kappa shape index (κ1) is 15.0. The predicted octanol–water partition coefficient (Wildman–Crippen LogP) is 6.43. The summed E-state index contributed by atoms with van der Waals surface area (Å²) in [7, 11) is 0. The van der Waals surface area contributed by atoms with Crippen molar-refractivity contribution in [1.82, 2.24) is 4.57 Å². The van der Waals surface area contributed by atoms with E-state index >= 15 is 0 Å². The van der Waals surface area contributed by atoms with Crippen LogP contribution in [0.15, 0.2) is 67.3 Å². The molecular formula is C23H23N. The fourth-order valence-corrected chi connectivity index (χ4v) is 3.66. The molecule has 120 valence electrons. The minimum Gasteiger partial charge on any atom is -0.337 e. The van der Waals surface area contributed by atoms with Gasteiger partial charge in [0, 0.05) is 22.8 Å². The first-order valence-electron chi connectivity index (χ1n) is 8.56. The van der Waals surface area contributed by atoms with E-state index in [0.29, 0.717) is 0 Å². The Labute approximate surface area is 143 Å². The zero-order chi connectivity index (χ0) is 16.9. The standard InChI is InChI=1S/C23H23N/c1-5-14-24-20-13-11-17(23(2,3)4)15-19(20)22-18-9-7-6-8-16(18)10-12-21(22)24/h5-13,15H,1,14H2,2-4H3. The number of allylic oxidation sites excluding steroid dienone is 1. The van der Waals surface area contributed by atoms with Crippen LogP contribution in [0.3, 0.4) is 0 Å². The van der Waals surface area contributed by atoms with Crippen molar-refractivity contribution < 1.29 is 0 Å². The largest absolute Gasteiger partial charge is 0.337 e. The third-order valence-electron chi connectivity index (χ3n) is 4.93. The second-order valence-corrected chi connectivity index (χ2v) is 7.56. The Morgan fingerprint density at radius 2 is 1.67 bits per heavy atom. The molecule has 0 atom stereocenters. The lowest BCUT2D eigenvalue weighted by Crippen LogP contribution is -2.10. The summed E-state index contributed by atoms with van der Waals surface area (Å²) in [6.07, 6.45) is 1.98. The Balaban J connectivity index is 2.23. The molecule has 0 amide bonds. The summed E-state index contributed by atoms with van der Waals surface area (Å²) in [6, 6.07) is 20.1. The van der Waals surface area contributed by atoms with Crippen molar-refractivity contribution in [3.8, 4) is 0 Å². The maximum atomic E-state index is 3.95. The lowest BCUT2D eigenvalue weighted by molar-refractivity contribution is 0.591. The SMILES string of the molecule is C=CCn1c2ccc(C(C)(C)C)cc2c2c3ccccc3ccc21. The van der Waals surface area contributed by atoms with E-state index in [4.69, 9.17) is 0 Å². The van der Waals surface area contributed by atoms with Crippen LogP contribution >= 0.6 is 0 Å². The fourth-order valence-electron chi connectivity index (χ4n) is 3.66. The van der Waals surface area contributed by atoms with Crippen LogP contribution in [0.5, 0.6) is 0 Å². The van der Waals surface area contributed by atoms with E-state index in [9.17, 15) is 0 Å². The second-order valence-electron chi connectivity index (χ2n) is 7.56. The zero-order valence-corrected chi connectivity index (χ0v) is 14.6. The molecule has 0 saturated heterocycles. The minimum atomic E-state index is 0.144. The summed E-state index contributed by atoms with van der Waals surface area (Å²) in [4.78, 5) is 0. The average molecular weight is 313 g/mol. The first-order valence-corrected chi connectivity index (χ1v) is 8.56. The molecule has 0 aliphatic heterocycles.